The van der Waals surface area contributed by atoms with Crippen molar-refractivity contribution in [2.45, 2.75) is 9.46 Å². The molecule has 0 saturated carbocycles. The topological polar surface area (TPSA) is 63.2 Å². The van der Waals surface area contributed by atoms with Crippen LogP contribution in [0.25, 0.3) is 6.08 Å². The summed E-state index contributed by atoms with van der Waals surface area (Å²) in [5, 5.41) is 3.47. The first-order valence-corrected chi connectivity index (χ1v) is 10.9. The second-order valence-corrected chi connectivity index (χ2v) is 9.31. The van der Waals surface area contributed by atoms with Gasteiger partial charge in [0.05, 0.1) is 0 Å². The predicted octanol–water partition coefficient (Wildman–Crippen LogP) is 4.23. The highest BCUT2D eigenvalue weighted by Gasteiger charge is 2.30. The summed E-state index contributed by atoms with van der Waals surface area (Å²) in [5.74, 6) is -0.780. The van der Waals surface area contributed by atoms with Crippen LogP contribution in [-0.2, 0) is 14.6 Å². The molecule has 0 fully saturated rings. The van der Waals surface area contributed by atoms with Gasteiger partial charge in [0.1, 0.15) is 15.3 Å². The zero-order chi connectivity index (χ0) is 20.0. The molecule has 0 saturated heterocycles. The number of halogens is 1. The maximum Gasteiger partial charge on any atom is 0.244 e. The quantitative estimate of drug-likeness (QED) is 0.588. The van der Waals surface area contributed by atoms with Crippen molar-refractivity contribution in [3.63, 3.8) is 0 Å². The van der Waals surface area contributed by atoms with E-state index in [2.05, 4.69) is 5.32 Å². The smallest absolute Gasteiger partial charge is 0.244 e. The zero-order valence-electron chi connectivity index (χ0n) is 14.8. The molecule has 2 aromatic carbocycles. The fourth-order valence-corrected chi connectivity index (χ4v) is 5.50. The van der Waals surface area contributed by atoms with Gasteiger partial charge in [-0.15, -0.1) is 11.3 Å². The highest BCUT2D eigenvalue weighted by atomic mass is 32.2. The average molecular weight is 416 g/mol. The minimum Gasteiger partial charge on any atom is -0.351 e. The Morgan fingerprint density at radius 3 is 2.39 bits per heavy atom. The Morgan fingerprint density at radius 2 is 1.75 bits per heavy atom. The van der Waals surface area contributed by atoms with Crippen molar-refractivity contribution < 1.29 is 17.6 Å². The standard InChI is InChI=1S/C21H18FNO3S2/c22-18-11-8-16(9-12-18)10-13-20(24)23-15-19(17-5-2-1-3-6-17)28(25,26)21-7-4-14-27-21/h1-14,19H,15H2,(H,23,24)/b13-10+/t19-/m0/s1. The third-order valence-corrected chi connectivity index (χ3v) is 7.61. The van der Waals surface area contributed by atoms with E-state index in [0.29, 0.717) is 11.1 Å². The second kappa shape index (κ2) is 8.95. The molecule has 4 nitrogen and oxygen atoms in total. The van der Waals surface area contributed by atoms with E-state index in [0.717, 1.165) is 11.3 Å². The Bertz CT molecular complexity index is 1040. The second-order valence-electron chi connectivity index (χ2n) is 6.01. The third-order valence-electron chi connectivity index (χ3n) is 4.08. The number of thiophene rings is 1. The summed E-state index contributed by atoms with van der Waals surface area (Å²) in [7, 11) is -3.64. The normalized spacial score (nSPS) is 12.8. The Balaban J connectivity index is 1.75. The summed E-state index contributed by atoms with van der Waals surface area (Å²) in [4.78, 5) is 12.2. The van der Waals surface area contributed by atoms with Crippen molar-refractivity contribution in [3.05, 3.63) is 95.1 Å². The number of nitrogens with one attached hydrogen (secondary N) is 1. The van der Waals surface area contributed by atoms with Crippen molar-refractivity contribution in [2.75, 3.05) is 6.54 Å². The summed E-state index contributed by atoms with van der Waals surface area (Å²) in [6, 6.07) is 17.8. The van der Waals surface area contributed by atoms with Crippen LogP contribution < -0.4 is 5.32 Å². The van der Waals surface area contributed by atoms with Gasteiger partial charge in [0.2, 0.25) is 5.91 Å². The third kappa shape index (κ3) is 4.94. The SMILES string of the molecule is O=C(/C=C/c1ccc(F)cc1)NC[C@@H](c1ccccc1)S(=O)(=O)c1cccs1. The molecule has 3 aromatic rings. The Morgan fingerprint density at radius 1 is 1.04 bits per heavy atom. The van der Waals surface area contributed by atoms with Crippen molar-refractivity contribution in [1.29, 1.82) is 0 Å². The first-order chi connectivity index (χ1) is 13.5. The van der Waals surface area contributed by atoms with Gasteiger partial charge in [-0.25, -0.2) is 12.8 Å². The molecule has 0 radical (unpaired) electrons. The number of carbonyl (C=O) groups excluding carboxylic acids is 1. The van der Waals surface area contributed by atoms with Gasteiger partial charge in [0.15, 0.2) is 9.84 Å². The number of sulfone groups is 1. The van der Waals surface area contributed by atoms with E-state index in [9.17, 15) is 17.6 Å². The van der Waals surface area contributed by atoms with E-state index in [-0.39, 0.29) is 16.6 Å². The number of rotatable bonds is 7. The maximum atomic E-state index is 13.0. The summed E-state index contributed by atoms with van der Waals surface area (Å²) in [6.07, 6.45) is 2.84. The van der Waals surface area contributed by atoms with Crippen LogP contribution in [0.4, 0.5) is 4.39 Å². The lowest BCUT2D eigenvalue weighted by Crippen LogP contribution is -2.30. The van der Waals surface area contributed by atoms with Crippen molar-refractivity contribution >= 4 is 33.2 Å². The molecule has 0 bridgehead atoms. The average Bonchev–Trinajstić information content (AvgIpc) is 3.24. The number of benzene rings is 2. The molecule has 144 valence electrons. The Labute approximate surface area is 167 Å². The van der Waals surface area contributed by atoms with Crippen LogP contribution in [0.3, 0.4) is 0 Å². The summed E-state index contributed by atoms with van der Waals surface area (Å²) in [6.45, 7) is -0.0587. The van der Waals surface area contributed by atoms with E-state index < -0.39 is 21.0 Å². The van der Waals surface area contributed by atoms with E-state index in [1.54, 1.807) is 60.0 Å². The number of hydrogen-bond donors (Lipinski definition) is 1. The molecule has 1 heterocycles. The van der Waals surface area contributed by atoms with Gasteiger partial charge >= 0.3 is 0 Å². The molecule has 1 atom stereocenters. The van der Waals surface area contributed by atoms with Crippen molar-refractivity contribution in [3.8, 4) is 0 Å². The van der Waals surface area contributed by atoms with Crippen LogP contribution in [0.1, 0.15) is 16.4 Å². The first-order valence-electron chi connectivity index (χ1n) is 8.50. The van der Waals surface area contributed by atoms with Crippen molar-refractivity contribution in [2.24, 2.45) is 0 Å². The molecule has 1 aromatic heterocycles. The van der Waals surface area contributed by atoms with E-state index in [4.69, 9.17) is 0 Å². The van der Waals surface area contributed by atoms with Gasteiger partial charge in [-0.05, 0) is 40.8 Å². The van der Waals surface area contributed by atoms with Gasteiger partial charge in [-0.1, -0.05) is 48.5 Å². The van der Waals surface area contributed by atoms with Gasteiger partial charge in [-0.3, -0.25) is 4.79 Å². The van der Waals surface area contributed by atoms with Gasteiger partial charge in [0, 0.05) is 12.6 Å². The monoisotopic (exact) mass is 415 g/mol. The molecular weight excluding hydrogens is 397 g/mol. The fraction of sp³-hybridized carbons (Fsp3) is 0.0952. The molecule has 0 spiro atoms. The van der Waals surface area contributed by atoms with E-state index in [1.807, 2.05) is 6.07 Å². The van der Waals surface area contributed by atoms with Gasteiger partial charge < -0.3 is 5.32 Å². The number of amides is 1. The molecule has 0 aliphatic heterocycles. The Hall–Kier alpha value is -2.77. The predicted molar refractivity (Wildman–Crippen MR) is 109 cm³/mol. The van der Waals surface area contributed by atoms with Crippen LogP contribution in [0.2, 0.25) is 0 Å². The van der Waals surface area contributed by atoms with Crippen molar-refractivity contribution in [1.82, 2.24) is 5.32 Å². The highest BCUT2D eigenvalue weighted by Crippen LogP contribution is 2.31. The van der Waals surface area contributed by atoms with Crippen LogP contribution >= 0.6 is 11.3 Å². The largest absolute Gasteiger partial charge is 0.351 e. The molecular formula is C21H18FNO3S2. The lowest BCUT2D eigenvalue weighted by Gasteiger charge is -2.17. The first kappa shape index (κ1) is 20.0. The van der Waals surface area contributed by atoms with E-state index in [1.165, 1.54) is 18.2 Å². The molecule has 7 heteroatoms. The fourth-order valence-electron chi connectivity index (χ4n) is 2.64. The minimum absolute atomic E-state index is 0.0587. The lowest BCUT2D eigenvalue weighted by atomic mass is 10.1. The molecule has 0 aliphatic carbocycles. The Kier molecular flexibility index (Phi) is 6.38. The minimum atomic E-state index is -3.64. The maximum absolute atomic E-state index is 13.0. The zero-order valence-corrected chi connectivity index (χ0v) is 16.4. The molecule has 3 rings (SSSR count). The number of hydrogen-bond acceptors (Lipinski definition) is 4. The van der Waals surface area contributed by atoms with E-state index >= 15 is 0 Å². The van der Waals surface area contributed by atoms with Crippen LogP contribution in [0.5, 0.6) is 0 Å². The summed E-state index contributed by atoms with van der Waals surface area (Å²) < 4.78 is 39.2. The molecule has 1 N–H and O–H groups in total. The highest BCUT2D eigenvalue weighted by molar-refractivity contribution is 7.93. The molecule has 1 amide bonds. The van der Waals surface area contributed by atoms with Crippen LogP contribution in [0, 0.1) is 5.82 Å². The molecule has 0 unspecified atom stereocenters. The lowest BCUT2D eigenvalue weighted by molar-refractivity contribution is -0.116. The summed E-state index contributed by atoms with van der Waals surface area (Å²) in [5.41, 5.74) is 1.28. The molecule has 28 heavy (non-hydrogen) atoms. The van der Waals surface area contributed by atoms with Gasteiger partial charge in [0.25, 0.3) is 0 Å². The number of carbonyl (C=O) groups is 1. The van der Waals surface area contributed by atoms with Crippen LogP contribution in [-0.4, -0.2) is 20.9 Å². The molecule has 0 aliphatic rings. The van der Waals surface area contributed by atoms with Gasteiger partial charge in [-0.2, -0.15) is 0 Å². The van der Waals surface area contributed by atoms with Crippen LogP contribution in [0.15, 0.2) is 82.4 Å². The summed E-state index contributed by atoms with van der Waals surface area (Å²) >= 11 is 1.15.